The minimum absolute atomic E-state index is 0.0827. The fourth-order valence-corrected chi connectivity index (χ4v) is 2.71. The van der Waals surface area contributed by atoms with Crippen molar-refractivity contribution in [1.29, 1.82) is 0 Å². The third-order valence-electron chi connectivity index (χ3n) is 3.47. The Bertz CT molecular complexity index is 571. The second kappa shape index (κ2) is 6.98. The van der Waals surface area contributed by atoms with Gasteiger partial charge >= 0.3 is 0 Å². The van der Waals surface area contributed by atoms with Crippen LogP contribution in [0.5, 0.6) is 0 Å². The number of hydrogen-bond acceptors (Lipinski definition) is 2. The standard InChI is InChI=1S/C16H19BrN2O2/c1-10(2)13-9-16(21)19-14-8-11(5-6-12(13)14)18-15(20)4-3-7-17/h5-6,8-10,12H,3-4,7H2,1-2H3,(H,19,21). The first kappa shape index (κ1) is 15.9. The van der Waals surface area contributed by atoms with Gasteiger partial charge in [0.25, 0.3) is 0 Å². The number of halogens is 1. The Balaban J connectivity index is 2.19. The molecule has 4 nitrogen and oxygen atoms in total. The number of aliphatic imine (C=N–C) groups is 1. The maximum atomic E-state index is 11.7. The molecule has 2 rings (SSSR count). The largest absolute Gasteiger partial charge is 0.325 e. The Morgan fingerprint density at radius 3 is 2.86 bits per heavy atom. The molecule has 2 amide bonds. The number of rotatable bonds is 4. The van der Waals surface area contributed by atoms with Gasteiger partial charge in [0.1, 0.15) is 0 Å². The van der Waals surface area contributed by atoms with E-state index in [0.717, 1.165) is 23.0 Å². The van der Waals surface area contributed by atoms with E-state index in [2.05, 4.69) is 40.1 Å². The van der Waals surface area contributed by atoms with Crippen LogP contribution in [0.4, 0.5) is 0 Å². The highest BCUT2D eigenvalue weighted by Crippen LogP contribution is 2.31. The smallest absolute Gasteiger partial charge is 0.248 e. The van der Waals surface area contributed by atoms with E-state index in [4.69, 9.17) is 0 Å². The molecule has 1 unspecified atom stereocenters. The number of nitrogens with one attached hydrogen (secondary N) is 1. The fourth-order valence-electron chi connectivity index (χ4n) is 2.43. The van der Waals surface area contributed by atoms with Gasteiger partial charge < -0.3 is 5.32 Å². The lowest BCUT2D eigenvalue weighted by molar-refractivity contribution is -0.118. The molecule has 0 bridgehead atoms. The highest BCUT2D eigenvalue weighted by atomic mass is 79.9. The van der Waals surface area contributed by atoms with Gasteiger partial charge in [0.15, 0.2) is 0 Å². The summed E-state index contributed by atoms with van der Waals surface area (Å²) in [7, 11) is 0. The summed E-state index contributed by atoms with van der Waals surface area (Å²) in [6.45, 7) is 4.15. The van der Waals surface area contributed by atoms with E-state index >= 15 is 0 Å². The van der Waals surface area contributed by atoms with E-state index in [1.54, 1.807) is 12.2 Å². The van der Waals surface area contributed by atoms with Crippen molar-refractivity contribution < 1.29 is 9.59 Å². The molecular formula is C16H19BrN2O2. The molecule has 0 aromatic rings. The minimum Gasteiger partial charge on any atom is -0.325 e. The average Bonchev–Trinajstić information content (AvgIpc) is 2.43. The van der Waals surface area contributed by atoms with Crippen molar-refractivity contribution in [2.75, 3.05) is 5.33 Å². The molecule has 0 aromatic heterocycles. The van der Waals surface area contributed by atoms with Crippen molar-refractivity contribution in [2.24, 2.45) is 16.8 Å². The highest BCUT2D eigenvalue weighted by Gasteiger charge is 2.27. The molecular weight excluding hydrogens is 332 g/mol. The van der Waals surface area contributed by atoms with E-state index in [0.29, 0.717) is 18.1 Å². The minimum atomic E-state index is -0.133. The lowest BCUT2D eigenvalue weighted by Gasteiger charge is -2.29. The van der Waals surface area contributed by atoms with Gasteiger partial charge in [-0.15, -0.1) is 0 Å². The summed E-state index contributed by atoms with van der Waals surface area (Å²) in [6, 6.07) is 0. The maximum absolute atomic E-state index is 11.7. The molecule has 1 aliphatic heterocycles. The molecule has 1 N–H and O–H groups in total. The molecule has 1 aliphatic carbocycles. The van der Waals surface area contributed by atoms with Crippen LogP contribution in [0, 0.1) is 11.8 Å². The summed E-state index contributed by atoms with van der Waals surface area (Å²) in [5.74, 6) is 0.139. The van der Waals surface area contributed by atoms with Gasteiger partial charge in [-0.3, -0.25) is 9.59 Å². The third kappa shape index (κ3) is 4.00. The summed E-state index contributed by atoms with van der Waals surface area (Å²) in [5, 5.41) is 3.64. The van der Waals surface area contributed by atoms with Gasteiger partial charge in [0.05, 0.1) is 5.71 Å². The fraction of sp³-hybridized carbons (Fsp3) is 0.438. The number of alkyl halides is 1. The van der Waals surface area contributed by atoms with Gasteiger partial charge in [0.2, 0.25) is 11.8 Å². The van der Waals surface area contributed by atoms with Crippen molar-refractivity contribution in [1.82, 2.24) is 5.32 Å². The van der Waals surface area contributed by atoms with E-state index in [-0.39, 0.29) is 17.7 Å². The summed E-state index contributed by atoms with van der Waals surface area (Å²) in [6.07, 6.45) is 8.52. The lowest BCUT2D eigenvalue weighted by Crippen LogP contribution is -2.34. The predicted molar refractivity (Wildman–Crippen MR) is 87.2 cm³/mol. The van der Waals surface area contributed by atoms with Crippen molar-refractivity contribution in [2.45, 2.75) is 26.7 Å². The Morgan fingerprint density at radius 2 is 2.19 bits per heavy atom. The first-order valence-corrected chi connectivity index (χ1v) is 8.23. The topological polar surface area (TPSA) is 58.5 Å². The molecule has 5 heteroatoms. The number of carbonyl (C=O) groups is 2. The molecule has 0 spiro atoms. The Kier molecular flexibility index (Phi) is 5.28. The van der Waals surface area contributed by atoms with Crippen molar-refractivity contribution in [3.8, 4) is 0 Å². The van der Waals surface area contributed by atoms with E-state index < -0.39 is 0 Å². The normalized spacial score (nSPS) is 22.8. The lowest BCUT2D eigenvalue weighted by atomic mass is 9.82. The van der Waals surface area contributed by atoms with E-state index in [9.17, 15) is 9.59 Å². The van der Waals surface area contributed by atoms with Crippen LogP contribution in [0.1, 0.15) is 26.7 Å². The van der Waals surface area contributed by atoms with E-state index in [1.807, 2.05) is 12.2 Å². The van der Waals surface area contributed by atoms with Gasteiger partial charge in [-0.2, -0.15) is 0 Å². The predicted octanol–water partition coefficient (Wildman–Crippen LogP) is 2.91. The monoisotopic (exact) mass is 350 g/mol. The Labute approximate surface area is 133 Å². The van der Waals surface area contributed by atoms with Crippen LogP contribution in [0.15, 0.2) is 40.6 Å². The number of allylic oxidation sites excluding steroid dienone is 3. The first-order chi connectivity index (χ1) is 10.0. The molecule has 2 aliphatic rings. The second-order valence-corrected chi connectivity index (χ2v) is 6.24. The third-order valence-corrected chi connectivity index (χ3v) is 4.03. The van der Waals surface area contributed by atoms with Crippen LogP contribution >= 0.6 is 15.9 Å². The number of carbonyl (C=O) groups excluding carboxylic acids is 2. The molecule has 21 heavy (non-hydrogen) atoms. The van der Waals surface area contributed by atoms with Crippen LogP contribution in [0.3, 0.4) is 0 Å². The maximum Gasteiger partial charge on any atom is 0.248 e. The van der Waals surface area contributed by atoms with Crippen LogP contribution in [0.25, 0.3) is 0 Å². The van der Waals surface area contributed by atoms with Crippen molar-refractivity contribution in [3.05, 3.63) is 35.6 Å². The Morgan fingerprint density at radius 1 is 1.43 bits per heavy atom. The molecule has 1 atom stereocenters. The zero-order valence-electron chi connectivity index (χ0n) is 12.2. The van der Waals surface area contributed by atoms with Gasteiger partial charge in [0, 0.05) is 29.4 Å². The van der Waals surface area contributed by atoms with Crippen molar-refractivity contribution >= 4 is 33.5 Å². The zero-order chi connectivity index (χ0) is 15.4. The molecule has 0 aromatic carbocycles. The van der Waals surface area contributed by atoms with Crippen molar-refractivity contribution in [3.63, 3.8) is 0 Å². The van der Waals surface area contributed by atoms with Crippen LogP contribution < -0.4 is 5.32 Å². The summed E-state index contributed by atoms with van der Waals surface area (Å²) >= 11 is 3.30. The number of nitrogens with zero attached hydrogens (tertiary/aromatic N) is 1. The number of hydrogen-bond donors (Lipinski definition) is 1. The molecule has 1 heterocycles. The van der Waals surface area contributed by atoms with Gasteiger partial charge in [-0.25, -0.2) is 4.99 Å². The number of fused-ring (bicyclic) bond motifs is 1. The van der Waals surface area contributed by atoms with E-state index in [1.165, 1.54) is 0 Å². The summed E-state index contributed by atoms with van der Waals surface area (Å²) < 4.78 is 0. The van der Waals surface area contributed by atoms with Crippen LogP contribution in [-0.4, -0.2) is 22.9 Å². The Hall–Kier alpha value is -1.49. The second-order valence-electron chi connectivity index (χ2n) is 5.45. The quantitative estimate of drug-likeness (QED) is 0.792. The molecule has 0 fully saturated rings. The number of amides is 2. The molecule has 112 valence electrons. The SMILES string of the molecule is CC(C)C1=CC(=O)NC2=CC(=NC(=O)CCCBr)C=CC21. The van der Waals surface area contributed by atoms with Gasteiger partial charge in [-0.05, 0) is 30.1 Å². The highest BCUT2D eigenvalue weighted by molar-refractivity contribution is 9.09. The molecule has 0 saturated carbocycles. The summed E-state index contributed by atoms with van der Waals surface area (Å²) in [4.78, 5) is 27.5. The van der Waals surface area contributed by atoms with Crippen LogP contribution in [0.2, 0.25) is 0 Å². The summed E-state index contributed by atoms with van der Waals surface area (Å²) in [5.41, 5.74) is 2.50. The molecule has 0 radical (unpaired) electrons. The average molecular weight is 351 g/mol. The first-order valence-electron chi connectivity index (χ1n) is 7.11. The zero-order valence-corrected chi connectivity index (χ0v) is 13.8. The van der Waals surface area contributed by atoms with Gasteiger partial charge in [-0.1, -0.05) is 35.9 Å². The van der Waals surface area contributed by atoms with Crippen LogP contribution in [-0.2, 0) is 9.59 Å². The molecule has 0 saturated heterocycles.